The monoisotopic (exact) mass is 404 g/mol. The molecule has 0 unspecified atom stereocenters. The normalized spacial score (nSPS) is 22.4. The van der Waals surface area contributed by atoms with Crippen LogP contribution in [0.3, 0.4) is 0 Å². The van der Waals surface area contributed by atoms with Gasteiger partial charge in [0.25, 0.3) is 0 Å². The minimum absolute atomic E-state index is 0. The Labute approximate surface area is 163 Å². The number of piperazine rings is 1. The first-order valence-corrected chi connectivity index (χ1v) is 8.25. The number of halogens is 5. The van der Waals surface area contributed by atoms with Gasteiger partial charge in [-0.1, -0.05) is 36.4 Å². The molecule has 0 aliphatic carbocycles. The number of fused-ring (bicyclic) bond motifs is 3. The first kappa shape index (κ1) is 21.0. The molecule has 0 radical (unpaired) electrons. The largest absolute Gasteiger partial charge is 0.416 e. The van der Waals surface area contributed by atoms with Gasteiger partial charge in [-0.05, 0) is 28.8 Å². The molecule has 2 heterocycles. The van der Waals surface area contributed by atoms with Gasteiger partial charge in [0.15, 0.2) is 0 Å². The van der Waals surface area contributed by atoms with Crippen molar-refractivity contribution in [3.8, 4) is 0 Å². The van der Waals surface area contributed by atoms with Crippen LogP contribution in [-0.4, -0.2) is 31.1 Å². The zero-order valence-corrected chi connectivity index (χ0v) is 15.6. The van der Waals surface area contributed by atoms with E-state index in [0.29, 0.717) is 0 Å². The Balaban J connectivity index is 0.00000121. The Morgan fingerprint density at radius 2 is 1.69 bits per heavy atom. The van der Waals surface area contributed by atoms with E-state index in [9.17, 15) is 13.2 Å². The zero-order chi connectivity index (χ0) is 16.7. The minimum atomic E-state index is -4.31. The highest BCUT2D eigenvalue weighted by molar-refractivity contribution is 5.85. The number of benzene rings is 2. The van der Waals surface area contributed by atoms with Gasteiger partial charge in [0, 0.05) is 38.1 Å². The Morgan fingerprint density at radius 3 is 2.38 bits per heavy atom. The van der Waals surface area contributed by atoms with Gasteiger partial charge in [-0.3, -0.25) is 4.90 Å². The lowest BCUT2D eigenvalue weighted by molar-refractivity contribution is -0.137. The van der Waals surface area contributed by atoms with Crippen molar-refractivity contribution in [1.29, 1.82) is 0 Å². The fourth-order valence-electron chi connectivity index (χ4n) is 3.93. The molecule has 1 fully saturated rings. The molecule has 0 saturated carbocycles. The van der Waals surface area contributed by atoms with Crippen LogP contribution in [-0.2, 0) is 6.18 Å². The van der Waals surface area contributed by atoms with E-state index in [1.807, 2.05) is 30.3 Å². The summed E-state index contributed by atoms with van der Waals surface area (Å²) in [5, 5.41) is 3.36. The van der Waals surface area contributed by atoms with E-state index in [1.54, 1.807) is 6.07 Å². The van der Waals surface area contributed by atoms with E-state index in [0.717, 1.165) is 42.9 Å². The molecular formula is C19H21Cl2F3N2. The molecule has 2 aromatic carbocycles. The van der Waals surface area contributed by atoms with E-state index in [2.05, 4.69) is 10.2 Å². The van der Waals surface area contributed by atoms with E-state index >= 15 is 0 Å². The van der Waals surface area contributed by atoms with E-state index in [-0.39, 0.29) is 36.8 Å². The second-order valence-electron chi connectivity index (χ2n) is 6.52. The fourth-order valence-corrected chi connectivity index (χ4v) is 3.93. The van der Waals surface area contributed by atoms with E-state index in [1.165, 1.54) is 12.1 Å². The lowest BCUT2D eigenvalue weighted by Crippen LogP contribution is -2.50. The highest BCUT2D eigenvalue weighted by atomic mass is 35.5. The molecule has 7 heteroatoms. The van der Waals surface area contributed by atoms with Gasteiger partial charge < -0.3 is 5.32 Å². The van der Waals surface area contributed by atoms with Crippen molar-refractivity contribution in [2.24, 2.45) is 0 Å². The van der Waals surface area contributed by atoms with Gasteiger partial charge in [0.05, 0.1) is 5.56 Å². The maximum atomic E-state index is 13.2. The number of nitrogens with one attached hydrogen (secondary N) is 1. The van der Waals surface area contributed by atoms with Gasteiger partial charge in [-0.25, -0.2) is 0 Å². The summed E-state index contributed by atoms with van der Waals surface area (Å²) in [5.74, 6) is -0.0159. The summed E-state index contributed by atoms with van der Waals surface area (Å²) in [4.78, 5) is 2.39. The van der Waals surface area contributed by atoms with Gasteiger partial charge in [0.2, 0.25) is 0 Å². The van der Waals surface area contributed by atoms with Crippen LogP contribution in [0.5, 0.6) is 0 Å². The molecule has 1 saturated heterocycles. The molecule has 2 atom stereocenters. The first-order chi connectivity index (χ1) is 11.5. The minimum Gasteiger partial charge on any atom is -0.314 e. The Hall–Kier alpha value is -1.27. The maximum absolute atomic E-state index is 13.2. The molecule has 2 aliphatic heterocycles. The van der Waals surface area contributed by atoms with Gasteiger partial charge in [-0.2, -0.15) is 13.2 Å². The van der Waals surface area contributed by atoms with Crippen LogP contribution < -0.4 is 5.32 Å². The van der Waals surface area contributed by atoms with Crippen LogP contribution >= 0.6 is 24.8 Å². The van der Waals surface area contributed by atoms with Crippen molar-refractivity contribution in [2.45, 2.75) is 18.1 Å². The average Bonchev–Trinajstić information content (AvgIpc) is 2.60. The average molecular weight is 405 g/mol. The topological polar surface area (TPSA) is 15.3 Å². The molecule has 2 nitrogen and oxygen atoms in total. The van der Waals surface area contributed by atoms with Crippen molar-refractivity contribution in [3.63, 3.8) is 0 Å². The third-order valence-electron chi connectivity index (χ3n) is 5.12. The molecule has 0 bridgehead atoms. The van der Waals surface area contributed by atoms with Crippen molar-refractivity contribution < 1.29 is 13.2 Å². The molecule has 0 aromatic heterocycles. The van der Waals surface area contributed by atoms with Crippen LogP contribution in [0.4, 0.5) is 13.2 Å². The molecule has 1 N–H and O–H groups in total. The van der Waals surface area contributed by atoms with Crippen molar-refractivity contribution in [3.05, 3.63) is 70.8 Å². The highest BCUT2D eigenvalue weighted by Crippen LogP contribution is 2.42. The number of alkyl halides is 3. The predicted molar refractivity (Wildman–Crippen MR) is 101 cm³/mol. The SMILES string of the molecule is Cl.Cl.FC(F)(F)c1ccc2c(c1)[C@@H](c1ccccc1)CN1CCNC[C@H]21. The quantitative estimate of drug-likeness (QED) is 0.744. The van der Waals surface area contributed by atoms with Gasteiger partial charge in [-0.15, -0.1) is 24.8 Å². The maximum Gasteiger partial charge on any atom is 0.416 e. The first-order valence-electron chi connectivity index (χ1n) is 8.25. The summed E-state index contributed by atoms with van der Waals surface area (Å²) >= 11 is 0. The van der Waals surface area contributed by atoms with Crippen LogP contribution in [0.25, 0.3) is 0 Å². The van der Waals surface area contributed by atoms with Crippen molar-refractivity contribution >= 4 is 24.8 Å². The van der Waals surface area contributed by atoms with Crippen LogP contribution in [0, 0.1) is 0 Å². The molecule has 2 aromatic rings. The van der Waals surface area contributed by atoms with Crippen molar-refractivity contribution in [2.75, 3.05) is 26.2 Å². The summed E-state index contributed by atoms with van der Waals surface area (Å²) in [6.45, 7) is 3.41. The molecule has 2 aliphatic rings. The third kappa shape index (κ3) is 3.86. The Kier molecular flexibility index (Phi) is 6.61. The van der Waals surface area contributed by atoms with Crippen LogP contribution in [0.15, 0.2) is 48.5 Å². The smallest absolute Gasteiger partial charge is 0.314 e. The van der Waals surface area contributed by atoms with Gasteiger partial charge in [0.1, 0.15) is 0 Å². The molecule has 142 valence electrons. The number of nitrogens with zero attached hydrogens (tertiary/aromatic N) is 1. The standard InChI is InChI=1S/C19H19F3N2.2ClH/c20-19(21,22)14-6-7-15-16(10-14)17(13-4-2-1-3-5-13)12-24-9-8-23-11-18(15)24;;/h1-7,10,17-18,23H,8-9,11-12H2;2*1H/t17-,18-;;/m1../s1. The molecule has 0 spiro atoms. The van der Waals surface area contributed by atoms with Crippen LogP contribution in [0.2, 0.25) is 0 Å². The third-order valence-corrected chi connectivity index (χ3v) is 5.12. The molecule has 0 amide bonds. The van der Waals surface area contributed by atoms with E-state index < -0.39 is 11.7 Å². The second-order valence-corrected chi connectivity index (χ2v) is 6.52. The summed E-state index contributed by atoms with van der Waals surface area (Å²) in [6, 6.07) is 14.3. The molecular weight excluding hydrogens is 384 g/mol. The number of hydrogen-bond donors (Lipinski definition) is 1. The molecule has 26 heavy (non-hydrogen) atoms. The Morgan fingerprint density at radius 1 is 0.962 bits per heavy atom. The van der Waals surface area contributed by atoms with Crippen LogP contribution in [0.1, 0.15) is 34.2 Å². The lowest BCUT2D eigenvalue weighted by Gasteiger charge is -2.44. The number of hydrogen-bond acceptors (Lipinski definition) is 2. The highest BCUT2D eigenvalue weighted by Gasteiger charge is 2.38. The van der Waals surface area contributed by atoms with E-state index in [4.69, 9.17) is 0 Å². The zero-order valence-electron chi connectivity index (χ0n) is 14.0. The predicted octanol–water partition coefficient (Wildman–Crippen LogP) is 4.64. The summed E-state index contributed by atoms with van der Waals surface area (Å²) in [6.07, 6.45) is -4.31. The number of rotatable bonds is 1. The molecule has 4 rings (SSSR count). The fraction of sp³-hybridized carbons (Fsp3) is 0.368. The summed E-state index contributed by atoms with van der Waals surface area (Å²) in [5.41, 5.74) is 2.37. The Bertz CT molecular complexity index is 737. The van der Waals surface area contributed by atoms with Gasteiger partial charge >= 0.3 is 6.18 Å². The van der Waals surface area contributed by atoms with Crippen molar-refractivity contribution in [1.82, 2.24) is 10.2 Å². The summed E-state index contributed by atoms with van der Waals surface area (Å²) < 4.78 is 39.6. The lowest BCUT2D eigenvalue weighted by atomic mass is 9.80. The summed E-state index contributed by atoms with van der Waals surface area (Å²) in [7, 11) is 0. The second kappa shape index (κ2) is 8.17.